The molecule has 1 aliphatic heterocycles. The van der Waals surface area contributed by atoms with Crippen molar-refractivity contribution in [1.29, 1.82) is 0 Å². The van der Waals surface area contributed by atoms with Gasteiger partial charge in [0.1, 0.15) is 18.5 Å². The van der Waals surface area contributed by atoms with Crippen LogP contribution >= 0.6 is 11.6 Å². The van der Waals surface area contributed by atoms with Gasteiger partial charge in [0.25, 0.3) is 0 Å². The molecule has 0 aliphatic carbocycles. The summed E-state index contributed by atoms with van der Waals surface area (Å²) in [6.07, 6.45) is -0.510. The topological polar surface area (TPSA) is 29.5 Å². The number of hydrogen-bond donors (Lipinski definition) is 1. The number of hydrogen-bond acceptors (Lipinski definition) is 2. The Labute approximate surface area is 69.4 Å². The maximum absolute atomic E-state index is 9.32. The van der Waals surface area contributed by atoms with Gasteiger partial charge in [0.05, 0.1) is 5.02 Å². The molecule has 0 amide bonds. The van der Waals surface area contributed by atoms with Gasteiger partial charge in [0.15, 0.2) is 0 Å². The SMILES string of the molecule is OC1COc2c(Cl)cccc21. The molecule has 0 fully saturated rings. The molecule has 58 valence electrons. The molecule has 0 bridgehead atoms. The molecule has 2 rings (SSSR count). The molecule has 1 N–H and O–H groups in total. The van der Waals surface area contributed by atoms with E-state index in [1.807, 2.05) is 6.07 Å². The Morgan fingerprint density at radius 3 is 3.09 bits per heavy atom. The van der Waals surface area contributed by atoms with Crippen molar-refractivity contribution in [2.24, 2.45) is 0 Å². The predicted molar refractivity (Wildman–Crippen MR) is 41.9 cm³/mol. The van der Waals surface area contributed by atoms with Crippen molar-refractivity contribution < 1.29 is 9.84 Å². The van der Waals surface area contributed by atoms with E-state index in [1.165, 1.54) is 0 Å². The van der Waals surface area contributed by atoms with E-state index in [4.69, 9.17) is 16.3 Å². The maximum Gasteiger partial charge on any atom is 0.143 e. The molecular weight excluding hydrogens is 164 g/mol. The monoisotopic (exact) mass is 170 g/mol. The van der Waals surface area contributed by atoms with E-state index in [0.717, 1.165) is 5.56 Å². The van der Waals surface area contributed by atoms with Crippen LogP contribution in [0.15, 0.2) is 18.2 Å². The highest BCUT2D eigenvalue weighted by Crippen LogP contribution is 2.37. The summed E-state index contributed by atoms with van der Waals surface area (Å²) in [6.45, 7) is 0.319. The van der Waals surface area contributed by atoms with E-state index < -0.39 is 6.10 Å². The van der Waals surface area contributed by atoms with Crippen LogP contribution < -0.4 is 4.74 Å². The zero-order chi connectivity index (χ0) is 7.84. The Morgan fingerprint density at radius 2 is 2.36 bits per heavy atom. The molecule has 1 aromatic rings. The molecular formula is C8H7ClO2. The first-order valence-corrected chi connectivity index (χ1v) is 3.76. The highest BCUT2D eigenvalue weighted by atomic mass is 35.5. The fraction of sp³-hybridized carbons (Fsp3) is 0.250. The van der Waals surface area contributed by atoms with Crippen LogP contribution in [0.3, 0.4) is 0 Å². The average molecular weight is 171 g/mol. The van der Waals surface area contributed by atoms with Crippen molar-refractivity contribution in [2.45, 2.75) is 6.10 Å². The number of fused-ring (bicyclic) bond motifs is 1. The van der Waals surface area contributed by atoms with Crippen LogP contribution in [0.1, 0.15) is 11.7 Å². The van der Waals surface area contributed by atoms with Gasteiger partial charge in [-0.3, -0.25) is 0 Å². The Morgan fingerprint density at radius 1 is 1.55 bits per heavy atom. The quantitative estimate of drug-likeness (QED) is 0.643. The molecule has 2 nitrogen and oxygen atoms in total. The maximum atomic E-state index is 9.32. The molecule has 11 heavy (non-hydrogen) atoms. The first-order valence-electron chi connectivity index (χ1n) is 3.38. The van der Waals surface area contributed by atoms with E-state index >= 15 is 0 Å². The van der Waals surface area contributed by atoms with Crippen LogP contribution in [0.5, 0.6) is 5.75 Å². The molecule has 1 unspecified atom stereocenters. The zero-order valence-electron chi connectivity index (χ0n) is 5.75. The summed E-state index contributed by atoms with van der Waals surface area (Å²) in [7, 11) is 0. The number of ether oxygens (including phenoxy) is 1. The third-order valence-electron chi connectivity index (χ3n) is 1.74. The predicted octanol–water partition coefficient (Wildman–Crippen LogP) is 1.77. The number of para-hydroxylation sites is 1. The second kappa shape index (κ2) is 2.40. The Hall–Kier alpha value is -0.730. The Balaban J connectivity index is 2.57. The first kappa shape index (κ1) is 6.95. The van der Waals surface area contributed by atoms with Crippen molar-refractivity contribution >= 4 is 11.6 Å². The molecule has 1 heterocycles. The van der Waals surface area contributed by atoms with E-state index in [-0.39, 0.29) is 0 Å². The molecule has 1 aromatic carbocycles. The van der Waals surface area contributed by atoms with Gasteiger partial charge < -0.3 is 9.84 Å². The zero-order valence-corrected chi connectivity index (χ0v) is 6.51. The average Bonchev–Trinajstić information content (AvgIpc) is 2.35. The van der Waals surface area contributed by atoms with Gasteiger partial charge in [-0.05, 0) is 6.07 Å². The largest absolute Gasteiger partial charge is 0.489 e. The van der Waals surface area contributed by atoms with Gasteiger partial charge in [-0.1, -0.05) is 23.7 Å². The van der Waals surface area contributed by atoms with Crippen molar-refractivity contribution in [2.75, 3.05) is 6.61 Å². The lowest BCUT2D eigenvalue weighted by atomic mass is 10.1. The van der Waals surface area contributed by atoms with Crippen LogP contribution in [0, 0.1) is 0 Å². The van der Waals surface area contributed by atoms with E-state index in [2.05, 4.69) is 0 Å². The minimum absolute atomic E-state index is 0.319. The molecule has 1 aliphatic rings. The number of benzene rings is 1. The summed E-state index contributed by atoms with van der Waals surface area (Å²) in [5.41, 5.74) is 0.789. The second-order valence-electron chi connectivity index (χ2n) is 2.48. The lowest BCUT2D eigenvalue weighted by Gasteiger charge is -1.99. The van der Waals surface area contributed by atoms with Crippen LogP contribution in [-0.4, -0.2) is 11.7 Å². The van der Waals surface area contributed by atoms with Gasteiger partial charge in [-0.25, -0.2) is 0 Å². The van der Waals surface area contributed by atoms with E-state index in [1.54, 1.807) is 12.1 Å². The summed E-state index contributed by atoms with van der Waals surface area (Å²) >= 11 is 5.80. The number of aliphatic hydroxyl groups excluding tert-OH is 1. The van der Waals surface area contributed by atoms with Gasteiger partial charge in [-0.2, -0.15) is 0 Å². The van der Waals surface area contributed by atoms with Gasteiger partial charge >= 0.3 is 0 Å². The summed E-state index contributed by atoms with van der Waals surface area (Å²) in [6, 6.07) is 5.37. The molecule has 0 radical (unpaired) electrons. The fourth-order valence-corrected chi connectivity index (χ4v) is 1.43. The highest BCUT2D eigenvalue weighted by molar-refractivity contribution is 6.32. The summed E-state index contributed by atoms with van der Waals surface area (Å²) in [4.78, 5) is 0. The number of aliphatic hydroxyl groups is 1. The molecule has 0 spiro atoms. The van der Waals surface area contributed by atoms with Gasteiger partial charge in [0.2, 0.25) is 0 Å². The molecule has 1 atom stereocenters. The highest BCUT2D eigenvalue weighted by Gasteiger charge is 2.23. The van der Waals surface area contributed by atoms with Crippen LogP contribution in [0.2, 0.25) is 5.02 Å². The summed E-state index contributed by atoms with van der Waals surface area (Å²) in [5, 5.41) is 9.89. The van der Waals surface area contributed by atoms with Crippen molar-refractivity contribution in [3.63, 3.8) is 0 Å². The lowest BCUT2D eigenvalue weighted by molar-refractivity contribution is 0.140. The number of rotatable bonds is 0. The number of halogens is 1. The lowest BCUT2D eigenvalue weighted by Crippen LogP contribution is -1.97. The Kier molecular flexibility index (Phi) is 1.51. The van der Waals surface area contributed by atoms with Crippen LogP contribution in [0.4, 0.5) is 0 Å². The second-order valence-corrected chi connectivity index (χ2v) is 2.89. The molecule has 3 heteroatoms. The summed E-state index contributed by atoms with van der Waals surface area (Å²) < 4.78 is 5.16. The summed E-state index contributed by atoms with van der Waals surface area (Å²) in [5.74, 6) is 0.627. The minimum atomic E-state index is -0.510. The van der Waals surface area contributed by atoms with Crippen LogP contribution in [-0.2, 0) is 0 Å². The first-order chi connectivity index (χ1) is 5.29. The molecule has 0 aromatic heterocycles. The van der Waals surface area contributed by atoms with Gasteiger partial charge in [-0.15, -0.1) is 0 Å². The normalized spacial score (nSPS) is 21.1. The van der Waals surface area contributed by atoms with Crippen molar-refractivity contribution in [3.05, 3.63) is 28.8 Å². The van der Waals surface area contributed by atoms with E-state index in [9.17, 15) is 5.11 Å². The third kappa shape index (κ3) is 0.988. The third-order valence-corrected chi connectivity index (χ3v) is 2.04. The minimum Gasteiger partial charge on any atom is -0.489 e. The Bertz CT molecular complexity index is 285. The standard InChI is InChI=1S/C8H7ClO2/c9-6-3-1-2-5-7(10)4-11-8(5)6/h1-3,7,10H,4H2. The fourth-order valence-electron chi connectivity index (χ4n) is 1.19. The van der Waals surface area contributed by atoms with Crippen molar-refractivity contribution in [3.8, 4) is 5.75 Å². The molecule has 0 saturated carbocycles. The van der Waals surface area contributed by atoms with Crippen LogP contribution in [0.25, 0.3) is 0 Å². The van der Waals surface area contributed by atoms with E-state index in [0.29, 0.717) is 17.4 Å². The molecule has 0 saturated heterocycles. The smallest absolute Gasteiger partial charge is 0.143 e. The van der Waals surface area contributed by atoms with Gasteiger partial charge in [0, 0.05) is 5.56 Å². The van der Waals surface area contributed by atoms with Crippen molar-refractivity contribution in [1.82, 2.24) is 0 Å².